The van der Waals surface area contributed by atoms with Crippen molar-refractivity contribution >= 4 is 11.9 Å². The molecule has 0 aromatic heterocycles. The molecule has 0 aliphatic heterocycles. The van der Waals surface area contributed by atoms with Crippen molar-refractivity contribution in [2.24, 2.45) is 0 Å². The van der Waals surface area contributed by atoms with Crippen molar-refractivity contribution in [1.82, 2.24) is 0 Å². The van der Waals surface area contributed by atoms with Crippen molar-refractivity contribution in [3.63, 3.8) is 0 Å². The van der Waals surface area contributed by atoms with E-state index in [1.165, 1.54) is 0 Å². The van der Waals surface area contributed by atoms with Crippen LogP contribution in [0.1, 0.15) is 23.2 Å². The van der Waals surface area contributed by atoms with Crippen molar-refractivity contribution in [2.45, 2.75) is 12.8 Å². The lowest BCUT2D eigenvalue weighted by atomic mass is 10.2. The van der Waals surface area contributed by atoms with Gasteiger partial charge in [-0.15, -0.1) is 0 Å². The highest BCUT2D eigenvalue weighted by atomic mass is 16.7. The Kier molecular flexibility index (Phi) is 10.2. The normalized spacial score (nSPS) is 10.1. The van der Waals surface area contributed by atoms with E-state index in [4.69, 9.17) is 28.4 Å². The molecule has 0 unspecified atom stereocenters. The quantitative estimate of drug-likeness (QED) is 0.0995. The number of benzene rings is 3. The van der Waals surface area contributed by atoms with E-state index in [0.29, 0.717) is 48.2 Å². The summed E-state index contributed by atoms with van der Waals surface area (Å²) in [7, 11) is 1.60. The number of methoxy groups -OCH3 is 1. The molecular formula is C28H28O8. The number of carbonyl (C=O) groups is 2. The van der Waals surface area contributed by atoms with Gasteiger partial charge in [-0.2, -0.15) is 0 Å². The molecule has 8 heteroatoms. The van der Waals surface area contributed by atoms with Gasteiger partial charge in [-0.1, -0.05) is 6.58 Å². The number of hydrogen-bond donors (Lipinski definition) is 0. The summed E-state index contributed by atoms with van der Waals surface area (Å²) in [6.07, 6.45) is 2.54. The molecule has 3 rings (SSSR count). The summed E-state index contributed by atoms with van der Waals surface area (Å²) in [4.78, 5) is 23.4. The fraction of sp³-hybridized carbons (Fsp3) is 0.214. The zero-order valence-corrected chi connectivity index (χ0v) is 20.0. The summed E-state index contributed by atoms with van der Waals surface area (Å²) >= 11 is 0. The smallest absolute Gasteiger partial charge is 0.343 e. The Hall–Kier alpha value is -4.46. The van der Waals surface area contributed by atoms with E-state index in [1.807, 2.05) is 0 Å². The van der Waals surface area contributed by atoms with Gasteiger partial charge in [0.25, 0.3) is 0 Å². The second-order valence-corrected chi connectivity index (χ2v) is 7.39. The van der Waals surface area contributed by atoms with Gasteiger partial charge in [0.05, 0.1) is 25.9 Å². The third-order valence-corrected chi connectivity index (χ3v) is 4.85. The summed E-state index contributed by atoms with van der Waals surface area (Å²) in [5, 5.41) is 0. The molecular weight excluding hydrogens is 464 g/mol. The third-order valence-electron chi connectivity index (χ3n) is 4.85. The lowest BCUT2D eigenvalue weighted by molar-refractivity contribution is -0.137. The fourth-order valence-electron chi connectivity index (χ4n) is 2.92. The second-order valence-electron chi connectivity index (χ2n) is 7.39. The molecule has 8 nitrogen and oxygen atoms in total. The van der Waals surface area contributed by atoms with Gasteiger partial charge in [-0.05, 0) is 85.6 Å². The van der Waals surface area contributed by atoms with E-state index < -0.39 is 11.9 Å². The molecule has 0 saturated carbocycles. The summed E-state index contributed by atoms with van der Waals surface area (Å²) in [5.74, 6) is 2.08. The van der Waals surface area contributed by atoms with Crippen molar-refractivity contribution in [1.29, 1.82) is 0 Å². The topological polar surface area (TPSA) is 89.5 Å². The first-order valence-electron chi connectivity index (χ1n) is 11.3. The molecule has 0 atom stereocenters. The molecule has 0 bridgehead atoms. The first-order chi connectivity index (χ1) is 17.6. The van der Waals surface area contributed by atoms with Crippen LogP contribution in [0, 0.1) is 0 Å². The SMILES string of the molecule is C=CC(=O)OCCCCOc1ccc(C(=O)Oc2ccc(OCOc3ccc(OC)cc3)cc2)cc1. The van der Waals surface area contributed by atoms with Crippen molar-refractivity contribution in [2.75, 3.05) is 27.1 Å². The Balaban J connectivity index is 1.37. The molecule has 188 valence electrons. The molecule has 36 heavy (non-hydrogen) atoms. The number of ether oxygens (including phenoxy) is 6. The Bertz CT molecular complexity index is 1110. The van der Waals surface area contributed by atoms with E-state index in [2.05, 4.69) is 6.58 Å². The minimum atomic E-state index is -0.484. The van der Waals surface area contributed by atoms with Crippen LogP contribution in [0.15, 0.2) is 85.5 Å². The van der Waals surface area contributed by atoms with Gasteiger partial charge in [0.15, 0.2) is 0 Å². The molecule has 0 N–H and O–H groups in total. The van der Waals surface area contributed by atoms with Crippen LogP contribution >= 0.6 is 0 Å². The van der Waals surface area contributed by atoms with Gasteiger partial charge in [-0.3, -0.25) is 0 Å². The maximum absolute atomic E-state index is 12.4. The van der Waals surface area contributed by atoms with Gasteiger partial charge in [0.2, 0.25) is 6.79 Å². The van der Waals surface area contributed by atoms with Crippen LogP contribution in [-0.2, 0) is 9.53 Å². The van der Waals surface area contributed by atoms with Crippen LogP contribution in [0.3, 0.4) is 0 Å². The molecule has 0 radical (unpaired) electrons. The number of esters is 2. The van der Waals surface area contributed by atoms with Gasteiger partial charge < -0.3 is 28.4 Å². The maximum Gasteiger partial charge on any atom is 0.343 e. The highest BCUT2D eigenvalue weighted by molar-refractivity contribution is 5.91. The predicted molar refractivity (Wildman–Crippen MR) is 133 cm³/mol. The molecule has 0 amide bonds. The highest BCUT2D eigenvalue weighted by Gasteiger charge is 2.09. The second kappa shape index (κ2) is 14.1. The minimum Gasteiger partial charge on any atom is -0.497 e. The molecule has 3 aromatic rings. The number of unbranched alkanes of at least 4 members (excludes halogenated alkanes) is 1. The largest absolute Gasteiger partial charge is 0.497 e. The standard InChI is InChI=1S/C28H28O8/c1-3-27(29)33-19-5-4-18-32-23-8-6-21(7-9-23)28(30)36-26-16-14-25(15-17-26)35-20-34-24-12-10-22(31-2)11-13-24/h3,6-17H,1,4-5,18-20H2,2H3. The molecule has 3 aromatic carbocycles. The zero-order chi connectivity index (χ0) is 25.6. The van der Waals surface area contributed by atoms with Crippen LogP contribution in [-0.4, -0.2) is 39.1 Å². The van der Waals surface area contributed by atoms with Gasteiger partial charge in [-0.25, -0.2) is 9.59 Å². The molecule has 0 heterocycles. The lowest BCUT2D eigenvalue weighted by Crippen LogP contribution is -2.09. The van der Waals surface area contributed by atoms with Crippen LogP contribution < -0.4 is 23.7 Å². The predicted octanol–water partition coefficient (Wildman–Crippen LogP) is 5.22. The summed E-state index contributed by atoms with van der Waals surface area (Å²) in [6.45, 7) is 4.16. The average molecular weight is 493 g/mol. The summed E-state index contributed by atoms with van der Waals surface area (Å²) < 4.78 is 32.2. The van der Waals surface area contributed by atoms with E-state index in [-0.39, 0.29) is 6.79 Å². The molecule has 0 saturated heterocycles. The number of rotatable bonds is 14. The van der Waals surface area contributed by atoms with Crippen molar-refractivity contribution in [3.05, 3.63) is 91.0 Å². The maximum atomic E-state index is 12.4. The molecule has 0 aliphatic rings. The number of hydrogen-bond acceptors (Lipinski definition) is 8. The van der Waals surface area contributed by atoms with E-state index in [9.17, 15) is 9.59 Å². The number of carbonyl (C=O) groups excluding carboxylic acids is 2. The summed E-state index contributed by atoms with van der Waals surface area (Å²) in [5.41, 5.74) is 0.395. The molecule has 0 aliphatic carbocycles. The van der Waals surface area contributed by atoms with Gasteiger partial charge in [0, 0.05) is 6.08 Å². The lowest BCUT2D eigenvalue weighted by Gasteiger charge is -2.10. The Labute approximate surface area is 210 Å². The minimum absolute atomic E-state index is 0.0304. The zero-order valence-electron chi connectivity index (χ0n) is 20.0. The van der Waals surface area contributed by atoms with E-state index in [0.717, 1.165) is 18.2 Å². The van der Waals surface area contributed by atoms with E-state index >= 15 is 0 Å². The summed E-state index contributed by atoms with van der Waals surface area (Å²) in [6, 6.07) is 20.5. The Morgan fingerprint density at radius 3 is 1.78 bits per heavy atom. The van der Waals surface area contributed by atoms with Gasteiger partial charge >= 0.3 is 11.9 Å². The average Bonchev–Trinajstić information content (AvgIpc) is 2.92. The fourth-order valence-corrected chi connectivity index (χ4v) is 2.92. The molecule has 0 spiro atoms. The van der Waals surface area contributed by atoms with Crippen molar-refractivity contribution in [3.8, 4) is 28.7 Å². The Morgan fingerprint density at radius 1 is 0.694 bits per heavy atom. The highest BCUT2D eigenvalue weighted by Crippen LogP contribution is 2.21. The van der Waals surface area contributed by atoms with Crippen LogP contribution in [0.4, 0.5) is 0 Å². The van der Waals surface area contributed by atoms with Crippen LogP contribution in [0.25, 0.3) is 0 Å². The third kappa shape index (κ3) is 8.72. The first-order valence-corrected chi connectivity index (χ1v) is 11.3. The van der Waals surface area contributed by atoms with Gasteiger partial charge in [0.1, 0.15) is 28.7 Å². The first kappa shape index (κ1) is 26.2. The molecule has 0 fully saturated rings. The van der Waals surface area contributed by atoms with Crippen molar-refractivity contribution < 1.29 is 38.0 Å². The monoisotopic (exact) mass is 492 g/mol. The Morgan fingerprint density at radius 2 is 1.19 bits per heavy atom. The van der Waals surface area contributed by atoms with Crippen LogP contribution in [0.2, 0.25) is 0 Å². The van der Waals surface area contributed by atoms with E-state index in [1.54, 1.807) is 79.9 Å². The van der Waals surface area contributed by atoms with Crippen LogP contribution in [0.5, 0.6) is 28.7 Å².